The number of rotatable bonds is 2. The smallest absolute Gasteiger partial charge is 0.329 e. The van der Waals surface area contributed by atoms with Gasteiger partial charge in [-0.25, -0.2) is 4.98 Å². The summed E-state index contributed by atoms with van der Waals surface area (Å²) < 4.78 is 0. The summed E-state index contributed by atoms with van der Waals surface area (Å²) in [6.45, 7) is 0.826. The van der Waals surface area contributed by atoms with Crippen LogP contribution in [0.15, 0.2) is 6.20 Å². The van der Waals surface area contributed by atoms with Gasteiger partial charge in [0.1, 0.15) is 6.20 Å². The molecule has 1 aliphatic carbocycles. The number of anilines is 2. The average Bonchev–Trinajstić information content (AvgIpc) is 2.82. The first-order chi connectivity index (χ1) is 9.16. The SMILES string of the molecule is Nc1ncc([N+](=O)[O-])c(N2CCC3CCCCC32)n1. The molecule has 2 atom stereocenters. The summed E-state index contributed by atoms with van der Waals surface area (Å²) in [4.78, 5) is 20.6. The number of fused-ring (bicyclic) bond motifs is 1. The molecule has 0 aromatic carbocycles. The monoisotopic (exact) mass is 263 g/mol. The van der Waals surface area contributed by atoms with Crippen molar-refractivity contribution in [3.63, 3.8) is 0 Å². The third kappa shape index (κ3) is 2.09. The molecule has 7 nitrogen and oxygen atoms in total. The second-order valence-electron chi connectivity index (χ2n) is 5.29. The normalized spacial score (nSPS) is 26.2. The van der Waals surface area contributed by atoms with Crippen molar-refractivity contribution in [3.05, 3.63) is 16.3 Å². The summed E-state index contributed by atoms with van der Waals surface area (Å²) in [5.74, 6) is 1.14. The zero-order valence-corrected chi connectivity index (χ0v) is 10.7. The second kappa shape index (κ2) is 4.64. The molecule has 0 spiro atoms. The van der Waals surface area contributed by atoms with E-state index in [1.165, 1.54) is 25.5 Å². The van der Waals surface area contributed by atoms with E-state index in [9.17, 15) is 10.1 Å². The standard InChI is InChI=1S/C12H17N5O2/c13-12-14-7-10(17(18)19)11(15-12)16-6-5-8-3-1-2-4-9(8)16/h7-9H,1-6H2,(H2,13,14,15). The van der Waals surface area contributed by atoms with Crippen LogP contribution in [0.1, 0.15) is 32.1 Å². The first-order valence-corrected chi connectivity index (χ1v) is 6.70. The maximum atomic E-state index is 11.1. The Morgan fingerprint density at radius 3 is 2.95 bits per heavy atom. The van der Waals surface area contributed by atoms with Crippen molar-refractivity contribution >= 4 is 17.5 Å². The van der Waals surface area contributed by atoms with Gasteiger partial charge in [-0.15, -0.1) is 0 Å². The van der Waals surface area contributed by atoms with Gasteiger partial charge in [-0.05, 0) is 25.2 Å². The van der Waals surface area contributed by atoms with E-state index in [1.807, 2.05) is 0 Å². The Labute approximate surface area is 111 Å². The van der Waals surface area contributed by atoms with Crippen LogP contribution in [0.5, 0.6) is 0 Å². The van der Waals surface area contributed by atoms with E-state index < -0.39 is 4.92 Å². The molecule has 1 aromatic rings. The summed E-state index contributed by atoms with van der Waals surface area (Å²) in [7, 11) is 0. The highest BCUT2D eigenvalue weighted by Crippen LogP contribution is 2.40. The van der Waals surface area contributed by atoms with Gasteiger partial charge in [-0.2, -0.15) is 4.98 Å². The Hall–Kier alpha value is -1.92. The number of aromatic nitrogens is 2. The minimum atomic E-state index is -0.426. The van der Waals surface area contributed by atoms with Crippen molar-refractivity contribution < 1.29 is 4.92 Å². The van der Waals surface area contributed by atoms with Crippen molar-refractivity contribution in [2.45, 2.75) is 38.1 Å². The van der Waals surface area contributed by atoms with Crippen LogP contribution >= 0.6 is 0 Å². The molecule has 2 N–H and O–H groups in total. The number of hydrogen-bond donors (Lipinski definition) is 1. The van der Waals surface area contributed by atoms with Crippen LogP contribution in [0.3, 0.4) is 0 Å². The number of nitrogen functional groups attached to an aromatic ring is 1. The fraction of sp³-hybridized carbons (Fsp3) is 0.667. The van der Waals surface area contributed by atoms with Gasteiger partial charge in [-0.3, -0.25) is 10.1 Å². The highest BCUT2D eigenvalue weighted by Gasteiger charge is 2.39. The van der Waals surface area contributed by atoms with Gasteiger partial charge in [0.15, 0.2) is 0 Å². The minimum absolute atomic E-state index is 0.0413. The minimum Gasteiger partial charge on any atom is -0.368 e. The third-order valence-corrected chi connectivity index (χ3v) is 4.25. The summed E-state index contributed by atoms with van der Waals surface area (Å²) in [5.41, 5.74) is 5.55. The van der Waals surface area contributed by atoms with Crippen molar-refractivity contribution in [1.29, 1.82) is 0 Å². The molecule has 2 fully saturated rings. The Bertz CT molecular complexity index is 507. The third-order valence-electron chi connectivity index (χ3n) is 4.25. The maximum Gasteiger partial charge on any atom is 0.329 e. The Kier molecular flexibility index (Phi) is 2.96. The zero-order valence-electron chi connectivity index (χ0n) is 10.7. The molecular weight excluding hydrogens is 246 g/mol. The Balaban J connectivity index is 1.97. The molecule has 3 rings (SSSR count). The molecule has 1 aromatic heterocycles. The van der Waals surface area contributed by atoms with Crippen LogP contribution in [0, 0.1) is 16.0 Å². The molecular formula is C12H17N5O2. The molecule has 2 heterocycles. The lowest BCUT2D eigenvalue weighted by atomic mass is 9.85. The molecule has 1 aliphatic heterocycles. The van der Waals surface area contributed by atoms with Gasteiger partial charge in [0.2, 0.25) is 11.8 Å². The number of nitro groups is 1. The molecule has 1 saturated heterocycles. The fourth-order valence-corrected chi connectivity index (χ4v) is 3.39. The van der Waals surface area contributed by atoms with E-state index in [1.54, 1.807) is 0 Å². The van der Waals surface area contributed by atoms with E-state index in [0.29, 0.717) is 17.8 Å². The number of nitrogens with two attached hydrogens (primary N) is 1. The lowest BCUT2D eigenvalue weighted by Gasteiger charge is -2.31. The highest BCUT2D eigenvalue weighted by molar-refractivity contribution is 5.59. The van der Waals surface area contributed by atoms with Crippen molar-refractivity contribution in [1.82, 2.24) is 9.97 Å². The van der Waals surface area contributed by atoms with Gasteiger partial charge in [0.05, 0.1) is 4.92 Å². The molecule has 2 aliphatic rings. The van der Waals surface area contributed by atoms with Gasteiger partial charge >= 0.3 is 5.69 Å². The number of hydrogen-bond acceptors (Lipinski definition) is 6. The maximum absolute atomic E-state index is 11.1. The van der Waals surface area contributed by atoms with Crippen LogP contribution < -0.4 is 10.6 Å². The quantitative estimate of drug-likeness (QED) is 0.644. The lowest BCUT2D eigenvalue weighted by molar-refractivity contribution is -0.384. The largest absolute Gasteiger partial charge is 0.368 e. The van der Waals surface area contributed by atoms with Crippen LogP contribution in [0.25, 0.3) is 0 Å². The summed E-state index contributed by atoms with van der Waals surface area (Å²) in [6, 6.07) is 0.377. The lowest BCUT2D eigenvalue weighted by Crippen LogP contribution is -2.35. The van der Waals surface area contributed by atoms with E-state index >= 15 is 0 Å². The summed E-state index contributed by atoms with van der Waals surface area (Å²) in [6.07, 6.45) is 7.07. The molecule has 2 unspecified atom stereocenters. The van der Waals surface area contributed by atoms with Gasteiger partial charge in [-0.1, -0.05) is 12.8 Å². The topological polar surface area (TPSA) is 98.2 Å². The van der Waals surface area contributed by atoms with Crippen molar-refractivity contribution in [2.24, 2.45) is 5.92 Å². The average molecular weight is 263 g/mol. The fourth-order valence-electron chi connectivity index (χ4n) is 3.39. The van der Waals surface area contributed by atoms with Gasteiger partial charge in [0, 0.05) is 12.6 Å². The molecule has 1 saturated carbocycles. The van der Waals surface area contributed by atoms with E-state index in [-0.39, 0.29) is 11.6 Å². The Morgan fingerprint density at radius 1 is 1.37 bits per heavy atom. The molecule has 0 amide bonds. The predicted molar refractivity (Wildman–Crippen MR) is 70.8 cm³/mol. The first kappa shape index (κ1) is 12.1. The predicted octanol–water partition coefficient (Wildman–Crippen LogP) is 1.74. The van der Waals surface area contributed by atoms with Crippen LogP contribution in [0.2, 0.25) is 0 Å². The van der Waals surface area contributed by atoms with E-state index in [4.69, 9.17) is 5.73 Å². The molecule has 0 radical (unpaired) electrons. The van der Waals surface area contributed by atoms with Crippen molar-refractivity contribution in [2.75, 3.05) is 17.2 Å². The molecule has 7 heteroatoms. The summed E-state index contributed by atoms with van der Waals surface area (Å²) >= 11 is 0. The van der Waals surface area contributed by atoms with Crippen LogP contribution in [0.4, 0.5) is 17.5 Å². The first-order valence-electron chi connectivity index (χ1n) is 6.70. The van der Waals surface area contributed by atoms with Crippen LogP contribution in [-0.4, -0.2) is 27.5 Å². The zero-order chi connectivity index (χ0) is 13.4. The second-order valence-corrected chi connectivity index (χ2v) is 5.29. The van der Waals surface area contributed by atoms with Crippen LogP contribution in [-0.2, 0) is 0 Å². The van der Waals surface area contributed by atoms with Gasteiger partial charge in [0.25, 0.3) is 0 Å². The highest BCUT2D eigenvalue weighted by atomic mass is 16.6. The molecule has 102 valence electrons. The number of nitrogens with zero attached hydrogens (tertiary/aromatic N) is 4. The Morgan fingerprint density at radius 2 is 2.16 bits per heavy atom. The van der Waals surface area contributed by atoms with E-state index in [0.717, 1.165) is 19.4 Å². The van der Waals surface area contributed by atoms with E-state index in [2.05, 4.69) is 14.9 Å². The van der Waals surface area contributed by atoms with Crippen molar-refractivity contribution in [3.8, 4) is 0 Å². The molecule has 19 heavy (non-hydrogen) atoms. The molecule has 0 bridgehead atoms. The summed E-state index contributed by atoms with van der Waals surface area (Å²) in [5, 5.41) is 11.1. The van der Waals surface area contributed by atoms with Gasteiger partial charge < -0.3 is 10.6 Å².